The van der Waals surface area contributed by atoms with Gasteiger partial charge in [-0.2, -0.15) is 5.10 Å². The molecule has 27 heavy (non-hydrogen) atoms. The van der Waals surface area contributed by atoms with Gasteiger partial charge in [-0.05, 0) is 55.1 Å². The first-order valence-corrected chi connectivity index (χ1v) is 9.20. The molecule has 1 aliphatic heterocycles. The first-order chi connectivity index (χ1) is 13.3. The maximum Gasteiger partial charge on any atom is 0.251 e. The van der Waals surface area contributed by atoms with Gasteiger partial charge in [0.2, 0.25) is 0 Å². The van der Waals surface area contributed by atoms with E-state index in [1.54, 1.807) is 12.4 Å². The van der Waals surface area contributed by atoms with Crippen molar-refractivity contribution in [3.63, 3.8) is 0 Å². The van der Waals surface area contributed by atoms with Crippen LogP contribution in [0.2, 0.25) is 0 Å². The van der Waals surface area contributed by atoms with E-state index in [0.29, 0.717) is 29.7 Å². The highest BCUT2D eigenvalue weighted by atomic mass is 16.1. The average molecular weight is 362 g/mol. The molecule has 7 heteroatoms. The number of aromatic amines is 1. The van der Waals surface area contributed by atoms with E-state index in [2.05, 4.69) is 42.9 Å². The van der Waals surface area contributed by atoms with Gasteiger partial charge in [-0.3, -0.25) is 14.9 Å². The number of pyridine rings is 1. The monoisotopic (exact) mass is 362 g/mol. The standard InChI is InChI=1S/C20H22N6O/c27-20(16-5-3-14(4-6-16)17-2-1-9-22-12-17)23-13-18-24-19(26-25-18)15-7-10-21-11-8-15/h3-8,10-11,17,22H,1-2,9,12-13H2,(H,23,27)(H,24,25,26)/t17-/m0/s1. The molecule has 2 aromatic heterocycles. The summed E-state index contributed by atoms with van der Waals surface area (Å²) in [4.78, 5) is 20.8. The Bertz CT molecular complexity index is 884. The van der Waals surface area contributed by atoms with Gasteiger partial charge in [0.25, 0.3) is 5.91 Å². The van der Waals surface area contributed by atoms with Gasteiger partial charge in [0.15, 0.2) is 5.82 Å². The van der Waals surface area contributed by atoms with E-state index in [9.17, 15) is 4.79 Å². The second-order valence-electron chi connectivity index (χ2n) is 6.69. The zero-order valence-corrected chi connectivity index (χ0v) is 15.0. The fraction of sp³-hybridized carbons (Fsp3) is 0.300. The Hall–Kier alpha value is -3.06. The summed E-state index contributed by atoms with van der Waals surface area (Å²) in [5.74, 6) is 1.62. The van der Waals surface area contributed by atoms with Crippen LogP contribution >= 0.6 is 0 Å². The lowest BCUT2D eigenvalue weighted by Crippen LogP contribution is -2.28. The molecule has 1 amide bonds. The van der Waals surface area contributed by atoms with E-state index >= 15 is 0 Å². The number of piperidine rings is 1. The second-order valence-corrected chi connectivity index (χ2v) is 6.69. The van der Waals surface area contributed by atoms with E-state index < -0.39 is 0 Å². The van der Waals surface area contributed by atoms with Gasteiger partial charge in [-0.15, -0.1) is 0 Å². The predicted molar refractivity (Wildman–Crippen MR) is 102 cm³/mol. The molecular formula is C20H22N6O. The quantitative estimate of drug-likeness (QED) is 0.647. The summed E-state index contributed by atoms with van der Waals surface area (Å²) in [5, 5.41) is 13.3. The Kier molecular flexibility index (Phi) is 5.20. The third-order valence-electron chi connectivity index (χ3n) is 4.83. The van der Waals surface area contributed by atoms with E-state index in [1.165, 1.54) is 18.4 Å². The third-order valence-corrected chi connectivity index (χ3v) is 4.83. The summed E-state index contributed by atoms with van der Waals surface area (Å²) >= 11 is 0. The van der Waals surface area contributed by atoms with Crippen molar-refractivity contribution in [2.24, 2.45) is 0 Å². The van der Waals surface area contributed by atoms with Crippen molar-refractivity contribution in [1.82, 2.24) is 30.8 Å². The van der Waals surface area contributed by atoms with Crippen molar-refractivity contribution in [3.05, 3.63) is 65.7 Å². The number of H-pyrrole nitrogens is 1. The molecule has 7 nitrogen and oxygen atoms in total. The van der Waals surface area contributed by atoms with Crippen LogP contribution in [0.15, 0.2) is 48.8 Å². The fourth-order valence-corrected chi connectivity index (χ4v) is 3.31. The number of aromatic nitrogens is 4. The highest BCUT2D eigenvalue weighted by Crippen LogP contribution is 2.23. The number of rotatable bonds is 5. The molecule has 3 N–H and O–H groups in total. The molecule has 0 saturated carbocycles. The molecule has 138 valence electrons. The second kappa shape index (κ2) is 8.09. The molecule has 0 radical (unpaired) electrons. The summed E-state index contributed by atoms with van der Waals surface area (Å²) in [6, 6.07) is 11.6. The van der Waals surface area contributed by atoms with Crippen LogP contribution in [0.5, 0.6) is 0 Å². The van der Waals surface area contributed by atoms with Crippen molar-refractivity contribution < 1.29 is 4.79 Å². The van der Waals surface area contributed by atoms with Gasteiger partial charge in [0.1, 0.15) is 5.82 Å². The molecule has 0 aliphatic carbocycles. The SMILES string of the molecule is O=C(NCc1nc(-c2ccncc2)n[nH]1)c1ccc([C@H]2CCCNC2)cc1. The number of nitrogens with zero attached hydrogens (tertiary/aromatic N) is 3. The smallest absolute Gasteiger partial charge is 0.251 e. The Morgan fingerprint density at radius 2 is 1.96 bits per heavy atom. The highest BCUT2D eigenvalue weighted by molar-refractivity contribution is 5.94. The molecule has 0 bridgehead atoms. The first kappa shape index (κ1) is 17.4. The number of hydrogen-bond acceptors (Lipinski definition) is 5. The van der Waals surface area contributed by atoms with E-state index in [0.717, 1.165) is 18.7 Å². The summed E-state index contributed by atoms with van der Waals surface area (Å²) in [6.45, 7) is 2.41. The number of hydrogen-bond donors (Lipinski definition) is 3. The summed E-state index contributed by atoms with van der Waals surface area (Å²) in [7, 11) is 0. The van der Waals surface area contributed by atoms with Crippen LogP contribution in [-0.4, -0.2) is 39.2 Å². The van der Waals surface area contributed by atoms with Crippen LogP contribution in [0.1, 0.15) is 40.5 Å². The Labute approximate surface area is 157 Å². The molecule has 1 fully saturated rings. The van der Waals surface area contributed by atoms with Gasteiger partial charge in [0, 0.05) is 30.1 Å². The van der Waals surface area contributed by atoms with E-state index in [4.69, 9.17) is 0 Å². The highest BCUT2D eigenvalue weighted by Gasteiger charge is 2.15. The number of benzene rings is 1. The molecule has 3 heterocycles. The topological polar surface area (TPSA) is 95.6 Å². The summed E-state index contributed by atoms with van der Waals surface area (Å²) < 4.78 is 0. The first-order valence-electron chi connectivity index (χ1n) is 9.20. The Morgan fingerprint density at radius 3 is 2.70 bits per heavy atom. The van der Waals surface area contributed by atoms with Gasteiger partial charge in [-0.1, -0.05) is 12.1 Å². The van der Waals surface area contributed by atoms with Crippen LogP contribution in [-0.2, 0) is 6.54 Å². The van der Waals surface area contributed by atoms with Crippen LogP contribution in [0.3, 0.4) is 0 Å². The molecule has 0 unspecified atom stereocenters. The minimum Gasteiger partial charge on any atom is -0.345 e. The lowest BCUT2D eigenvalue weighted by Gasteiger charge is -2.23. The maximum atomic E-state index is 12.4. The number of amides is 1. The zero-order valence-electron chi connectivity index (χ0n) is 15.0. The van der Waals surface area contributed by atoms with Crippen molar-refractivity contribution in [2.45, 2.75) is 25.3 Å². The number of carbonyl (C=O) groups is 1. The van der Waals surface area contributed by atoms with Crippen molar-refractivity contribution >= 4 is 5.91 Å². The van der Waals surface area contributed by atoms with E-state index in [-0.39, 0.29) is 5.91 Å². The molecule has 0 spiro atoms. The van der Waals surface area contributed by atoms with Crippen LogP contribution in [0.25, 0.3) is 11.4 Å². The van der Waals surface area contributed by atoms with Crippen LogP contribution in [0, 0.1) is 0 Å². The molecule has 4 rings (SSSR count). The maximum absolute atomic E-state index is 12.4. The Balaban J connectivity index is 1.35. The molecule has 1 atom stereocenters. The van der Waals surface area contributed by atoms with Crippen LogP contribution < -0.4 is 10.6 Å². The van der Waals surface area contributed by atoms with Crippen molar-refractivity contribution in [1.29, 1.82) is 0 Å². The molecule has 3 aromatic rings. The van der Waals surface area contributed by atoms with Gasteiger partial charge < -0.3 is 10.6 Å². The largest absolute Gasteiger partial charge is 0.345 e. The third kappa shape index (κ3) is 4.20. The molecule has 1 aliphatic rings. The zero-order chi connectivity index (χ0) is 18.5. The van der Waals surface area contributed by atoms with Crippen molar-refractivity contribution in [3.8, 4) is 11.4 Å². The number of carbonyl (C=O) groups excluding carboxylic acids is 1. The van der Waals surface area contributed by atoms with Crippen molar-refractivity contribution in [2.75, 3.05) is 13.1 Å². The lowest BCUT2D eigenvalue weighted by molar-refractivity contribution is 0.0950. The minimum atomic E-state index is -0.120. The summed E-state index contributed by atoms with van der Waals surface area (Å²) in [6.07, 6.45) is 5.79. The van der Waals surface area contributed by atoms with Gasteiger partial charge in [-0.25, -0.2) is 4.98 Å². The fourth-order valence-electron chi connectivity index (χ4n) is 3.31. The number of nitrogens with one attached hydrogen (secondary N) is 3. The molecule has 1 aromatic carbocycles. The normalized spacial score (nSPS) is 16.8. The Morgan fingerprint density at radius 1 is 1.15 bits per heavy atom. The predicted octanol–water partition coefficient (Wildman–Crippen LogP) is 2.26. The minimum absolute atomic E-state index is 0.120. The van der Waals surface area contributed by atoms with Crippen LogP contribution in [0.4, 0.5) is 0 Å². The molecule has 1 saturated heterocycles. The van der Waals surface area contributed by atoms with E-state index in [1.807, 2.05) is 24.3 Å². The molecular weight excluding hydrogens is 340 g/mol. The van der Waals surface area contributed by atoms with Gasteiger partial charge in [0.05, 0.1) is 6.54 Å². The lowest BCUT2D eigenvalue weighted by atomic mass is 9.91. The summed E-state index contributed by atoms with van der Waals surface area (Å²) in [5.41, 5.74) is 2.82. The van der Waals surface area contributed by atoms with Gasteiger partial charge >= 0.3 is 0 Å². The average Bonchev–Trinajstić information content (AvgIpc) is 3.22.